The fourth-order valence-electron chi connectivity index (χ4n) is 7.77. The summed E-state index contributed by atoms with van der Waals surface area (Å²) in [4.78, 5) is 0. The van der Waals surface area contributed by atoms with Crippen molar-refractivity contribution in [3.63, 3.8) is 0 Å². The van der Waals surface area contributed by atoms with Gasteiger partial charge in [0.1, 0.15) is 11.5 Å². The summed E-state index contributed by atoms with van der Waals surface area (Å²) in [7, 11) is 3.44. The summed E-state index contributed by atoms with van der Waals surface area (Å²) in [6.45, 7) is 0.328. The molecule has 0 atom stereocenters. The number of hydrogen-bond donors (Lipinski definition) is 0. The molecule has 2 heterocycles. The van der Waals surface area contributed by atoms with E-state index < -0.39 is 0 Å². The zero-order valence-corrected chi connectivity index (χ0v) is 27.4. The van der Waals surface area contributed by atoms with Crippen LogP contribution in [-0.4, -0.2) is 27.8 Å². The van der Waals surface area contributed by atoms with Gasteiger partial charge in [0.2, 0.25) is 13.6 Å². The molecule has 2 aliphatic heterocycles. The predicted octanol–water partition coefficient (Wildman–Crippen LogP) is 10.8. The maximum Gasteiger partial charge on any atom is 0.231 e. The maximum absolute atomic E-state index is 6.33. The molecule has 8 aromatic carbocycles. The minimum atomic E-state index is 0.164. The van der Waals surface area contributed by atoms with Crippen molar-refractivity contribution in [2.24, 2.45) is 0 Å². The monoisotopic (exact) mass is 654 g/mol. The zero-order valence-electron chi connectivity index (χ0n) is 27.4. The van der Waals surface area contributed by atoms with Gasteiger partial charge in [0.15, 0.2) is 23.0 Å². The van der Waals surface area contributed by atoms with Gasteiger partial charge in [-0.2, -0.15) is 0 Å². The van der Waals surface area contributed by atoms with Crippen molar-refractivity contribution in [2.75, 3.05) is 27.8 Å². The highest BCUT2D eigenvalue weighted by molar-refractivity contribution is 6.19. The summed E-state index contributed by atoms with van der Waals surface area (Å²) >= 11 is 0. The molecule has 0 saturated heterocycles. The topological polar surface area (TPSA) is 55.4 Å². The molecule has 10 rings (SSSR count). The minimum absolute atomic E-state index is 0.164. The predicted molar refractivity (Wildman–Crippen MR) is 198 cm³/mol. The highest BCUT2D eigenvalue weighted by Gasteiger charge is 2.28. The number of benzene rings is 8. The van der Waals surface area contributed by atoms with Crippen molar-refractivity contribution in [1.82, 2.24) is 0 Å². The van der Waals surface area contributed by atoms with Gasteiger partial charge in [0.25, 0.3) is 0 Å². The van der Waals surface area contributed by atoms with E-state index in [0.717, 1.165) is 76.5 Å². The van der Waals surface area contributed by atoms with Crippen LogP contribution < -0.4 is 28.4 Å². The Hall–Kier alpha value is -6.40. The van der Waals surface area contributed by atoms with Gasteiger partial charge in [0, 0.05) is 11.1 Å². The molecule has 0 radical (unpaired) electrons. The summed E-state index contributed by atoms with van der Waals surface area (Å²) in [5.41, 5.74) is 6.03. The lowest BCUT2D eigenvalue weighted by Crippen LogP contribution is -1.98. The first-order valence-electron chi connectivity index (χ1n) is 16.6. The van der Waals surface area contributed by atoms with Gasteiger partial charge in [-0.25, -0.2) is 0 Å². The molecule has 0 aliphatic carbocycles. The Labute approximate surface area is 287 Å². The van der Waals surface area contributed by atoms with Crippen molar-refractivity contribution < 1.29 is 28.4 Å². The Bertz CT molecular complexity index is 2500. The van der Waals surface area contributed by atoms with Crippen LogP contribution in [0.15, 0.2) is 121 Å². The van der Waals surface area contributed by atoms with Crippen LogP contribution in [0.1, 0.15) is 0 Å². The highest BCUT2D eigenvalue weighted by Crippen LogP contribution is 2.54. The first-order chi connectivity index (χ1) is 24.7. The fraction of sp³-hybridized carbons (Fsp3) is 0.0909. The van der Waals surface area contributed by atoms with Crippen LogP contribution in [0.25, 0.3) is 76.5 Å². The van der Waals surface area contributed by atoms with E-state index in [9.17, 15) is 0 Å². The van der Waals surface area contributed by atoms with Gasteiger partial charge in [-0.15, -0.1) is 0 Å². The quantitative estimate of drug-likeness (QED) is 0.184. The second-order valence-electron chi connectivity index (χ2n) is 12.6. The van der Waals surface area contributed by atoms with E-state index >= 15 is 0 Å². The molecule has 0 amide bonds. The summed E-state index contributed by atoms with van der Waals surface area (Å²) in [6.07, 6.45) is 0. The van der Waals surface area contributed by atoms with E-state index in [1.54, 1.807) is 14.2 Å². The first-order valence-corrected chi connectivity index (χ1v) is 16.6. The Kier molecular flexibility index (Phi) is 6.33. The molecule has 6 heteroatoms. The van der Waals surface area contributed by atoms with E-state index in [1.165, 1.54) is 0 Å². The molecule has 0 aromatic heterocycles. The van der Waals surface area contributed by atoms with Crippen LogP contribution in [-0.2, 0) is 0 Å². The van der Waals surface area contributed by atoms with Crippen molar-refractivity contribution in [1.29, 1.82) is 0 Å². The fourth-order valence-corrected chi connectivity index (χ4v) is 7.77. The third kappa shape index (κ3) is 4.21. The molecule has 242 valence electrons. The molecule has 0 saturated carbocycles. The van der Waals surface area contributed by atoms with Gasteiger partial charge in [-0.1, -0.05) is 84.9 Å². The largest absolute Gasteiger partial charge is 0.496 e. The molecule has 0 spiro atoms. The lowest BCUT2D eigenvalue weighted by atomic mass is 9.85. The third-order valence-electron chi connectivity index (χ3n) is 10.0. The molecule has 0 N–H and O–H groups in total. The summed E-state index contributed by atoms with van der Waals surface area (Å²) in [5, 5.41) is 8.55. The van der Waals surface area contributed by atoms with Crippen LogP contribution >= 0.6 is 0 Å². The van der Waals surface area contributed by atoms with Crippen LogP contribution in [0, 0.1) is 0 Å². The van der Waals surface area contributed by atoms with Crippen molar-refractivity contribution in [2.45, 2.75) is 0 Å². The zero-order chi connectivity index (χ0) is 33.3. The van der Waals surface area contributed by atoms with Crippen LogP contribution in [0.3, 0.4) is 0 Å². The van der Waals surface area contributed by atoms with E-state index in [4.69, 9.17) is 28.4 Å². The third-order valence-corrected chi connectivity index (χ3v) is 10.0. The van der Waals surface area contributed by atoms with Crippen molar-refractivity contribution >= 4 is 43.1 Å². The highest BCUT2D eigenvalue weighted by atomic mass is 16.7. The lowest BCUT2D eigenvalue weighted by molar-refractivity contribution is 0.173. The Morgan fingerprint density at radius 1 is 0.380 bits per heavy atom. The van der Waals surface area contributed by atoms with Gasteiger partial charge < -0.3 is 28.4 Å². The molecule has 50 heavy (non-hydrogen) atoms. The molecule has 2 aliphatic rings. The number of fused-ring (bicyclic) bond motifs is 6. The second kappa shape index (κ2) is 11.1. The summed E-state index contributed by atoms with van der Waals surface area (Å²) in [5.74, 6) is 4.19. The molecule has 0 unspecified atom stereocenters. The van der Waals surface area contributed by atoms with Gasteiger partial charge in [-0.05, 0) is 102 Å². The first kappa shape index (κ1) is 28.6. The van der Waals surface area contributed by atoms with E-state index in [1.807, 2.05) is 0 Å². The Morgan fingerprint density at radius 3 is 1.18 bits per heavy atom. The number of hydrogen-bond acceptors (Lipinski definition) is 6. The minimum Gasteiger partial charge on any atom is -0.496 e. The second-order valence-corrected chi connectivity index (χ2v) is 12.6. The number of rotatable bonds is 5. The van der Waals surface area contributed by atoms with Crippen LogP contribution in [0.4, 0.5) is 0 Å². The normalized spacial score (nSPS) is 13.1. The molecular weight excluding hydrogens is 624 g/mol. The molecular formula is C44H30O6. The lowest BCUT2D eigenvalue weighted by Gasteiger charge is -2.22. The van der Waals surface area contributed by atoms with Crippen LogP contribution in [0.5, 0.6) is 34.5 Å². The summed E-state index contributed by atoms with van der Waals surface area (Å²) < 4.78 is 36.5. The number of methoxy groups -OCH3 is 2. The van der Waals surface area contributed by atoms with E-state index in [0.29, 0.717) is 34.5 Å². The summed E-state index contributed by atoms with van der Waals surface area (Å²) in [6, 6.07) is 42.3. The number of ether oxygens (including phenoxy) is 6. The SMILES string of the molecule is COc1cc(-c2cccc3ccccc23)c2cc3c(cc2c1-c1c(OC)cc(-c2cccc4ccccc24)c2cc4c(cc12)OCO4)OCO3. The molecule has 0 fully saturated rings. The average Bonchev–Trinajstić information content (AvgIpc) is 3.84. The molecule has 6 nitrogen and oxygen atoms in total. The van der Waals surface area contributed by atoms with Gasteiger partial charge >= 0.3 is 0 Å². The van der Waals surface area contributed by atoms with E-state index in [2.05, 4.69) is 121 Å². The van der Waals surface area contributed by atoms with Crippen LogP contribution in [0.2, 0.25) is 0 Å². The standard InChI is InChI=1S/C44H30O6/c1-45-41-19-31(29-15-7-11-25-9-3-5-13-27(25)29)33-17-37-39(49-23-47-37)21-35(33)43(41)44-36-22-40-38(48-24-50-40)18-34(36)32(20-42(44)46-2)30-16-8-12-26-10-4-6-14-28(26)30/h3-22H,23-24H2,1-2H3. The maximum atomic E-state index is 6.33. The van der Waals surface area contributed by atoms with E-state index in [-0.39, 0.29) is 13.6 Å². The van der Waals surface area contributed by atoms with Crippen molar-refractivity contribution in [3.8, 4) is 67.9 Å². The smallest absolute Gasteiger partial charge is 0.231 e. The Balaban J connectivity index is 1.35. The molecule has 8 aromatic rings. The average molecular weight is 655 g/mol. The van der Waals surface area contributed by atoms with Gasteiger partial charge in [-0.3, -0.25) is 0 Å². The molecule has 0 bridgehead atoms. The van der Waals surface area contributed by atoms with Gasteiger partial charge in [0.05, 0.1) is 14.2 Å². The Morgan fingerprint density at radius 2 is 0.760 bits per heavy atom. The van der Waals surface area contributed by atoms with Crippen molar-refractivity contribution in [3.05, 3.63) is 121 Å².